The molecular weight excluding hydrogens is 358 g/mol. The highest BCUT2D eigenvalue weighted by Crippen LogP contribution is 2.39. The molecule has 6 nitrogen and oxygen atoms in total. The first-order valence-corrected chi connectivity index (χ1v) is 8.15. The fourth-order valence-electron chi connectivity index (χ4n) is 3.42. The number of carbonyl (C=O) groups is 1. The number of nitrogen functional groups attached to an aromatic ring is 1. The van der Waals surface area contributed by atoms with Crippen molar-refractivity contribution in [1.82, 2.24) is 4.57 Å². The maximum absolute atomic E-state index is 14.3. The number of hydrogen-bond donors (Lipinski definition) is 2. The average molecular weight is 372 g/mol. The van der Waals surface area contributed by atoms with Crippen molar-refractivity contribution in [3.8, 4) is 5.75 Å². The molecule has 0 unspecified atom stereocenters. The molecule has 8 heteroatoms. The highest BCUT2D eigenvalue weighted by atomic mass is 19.2. The predicted molar refractivity (Wildman–Crippen MR) is 94.2 cm³/mol. The maximum Gasteiger partial charge on any atom is 0.341 e. The lowest BCUT2D eigenvalue weighted by Gasteiger charge is -2.30. The van der Waals surface area contributed by atoms with E-state index in [1.54, 1.807) is 0 Å². The first-order valence-electron chi connectivity index (χ1n) is 8.15. The number of pyridine rings is 1. The normalized spacial score (nSPS) is 15.6. The largest absolute Gasteiger partial charge is 0.486 e. The Kier molecular flexibility index (Phi) is 3.83. The van der Waals surface area contributed by atoms with Crippen molar-refractivity contribution in [3.05, 3.63) is 69.5 Å². The number of carboxylic acids is 1. The molecule has 2 heterocycles. The molecule has 0 saturated carbocycles. The molecule has 0 amide bonds. The third-order valence-electron chi connectivity index (χ3n) is 4.71. The van der Waals surface area contributed by atoms with Crippen LogP contribution in [-0.4, -0.2) is 22.2 Å². The monoisotopic (exact) mass is 372 g/mol. The summed E-state index contributed by atoms with van der Waals surface area (Å²) in [5, 5.41) is 8.98. The van der Waals surface area contributed by atoms with Crippen LogP contribution in [0.15, 0.2) is 41.3 Å². The lowest BCUT2D eigenvalue weighted by molar-refractivity contribution is 0.0694. The van der Waals surface area contributed by atoms with Gasteiger partial charge in [0.2, 0.25) is 11.2 Å². The molecule has 0 bridgehead atoms. The second kappa shape index (κ2) is 6.08. The Balaban J connectivity index is 2.04. The molecule has 27 heavy (non-hydrogen) atoms. The second-order valence-electron chi connectivity index (χ2n) is 6.33. The minimum Gasteiger partial charge on any atom is -0.486 e. The number of aromatic carboxylic acids is 1. The van der Waals surface area contributed by atoms with E-state index in [0.29, 0.717) is 6.42 Å². The number of nitrogens with zero attached hydrogens (tertiary/aromatic N) is 1. The van der Waals surface area contributed by atoms with E-state index in [9.17, 15) is 23.5 Å². The van der Waals surface area contributed by atoms with Gasteiger partial charge in [-0.25, -0.2) is 9.18 Å². The van der Waals surface area contributed by atoms with Crippen LogP contribution in [0.1, 0.15) is 22.0 Å². The van der Waals surface area contributed by atoms with E-state index in [1.807, 2.05) is 30.3 Å². The first kappa shape index (κ1) is 17.0. The van der Waals surface area contributed by atoms with Crippen LogP contribution in [0.25, 0.3) is 10.9 Å². The van der Waals surface area contributed by atoms with Gasteiger partial charge in [-0.1, -0.05) is 30.3 Å². The zero-order valence-electron chi connectivity index (χ0n) is 13.9. The Morgan fingerprint density at radius 3 is 2.63 bits per heavy atom. The minimum atomic E-state index is -1.47. The van der Waals surface area contributed by atoms with E-state index in [4.69, 9.17) is 10.5 Å². The molecule has 0 fully saturated rings. The van der Waals surface area contributed by atoms with Gasteiger partial charge in [0.15, 0.2) is 11.6 Å². The number of carboxylic acid groups (broad SMARTS) is 1. The summed E-state index contributed by atoms with van der Waals surface area (Å²) < 4.78 is 35.4. The van der Waals surface area contributed by atoms with Gasteiger partial charge in [0.25, 0.3) is 0 Å². The lowest BCUT2D eigenvalue weighted by Crippen LogP contribution is -2.30. The number of anilines is 1. The number of aromatic nitrogens is 1. The van der Waals surface area contributed by atoms with E-state index < -0.39 is 46.1 Å². The predicted octanol–water partition coefficient (Wildman–Crippen LogP) is 2.74. The molecule has 1 aliphatic heterocycles. The number of halogens is 2. The Morgan fingerprint density at radius 2 is 1.96 bits per heavy atom. The zero-order valence-corrected chi connectivity index (χ0v) is 13.9. The van der Waals surface area contributed by atoms with Crippen LogP contribution >= 0.6 is 0 Å². The summed E-state index contributed by atoms with van der Waals surface area (Å²) >= 11 is 0. The van der Waals surface area contributed by atoms with Gasteiger partial charge in [-0.2, -0.15) is 4.39 Å². The maximum atomic E-state index is 14.3. The van der Waals surface area contributed by atoms with Crippen LogP contribution in [0.2, 0.25) is 0 Å². The van der Waals surface area contributed by atoms with Crippen LogP contribution in [0.4, 0.5) is 14.5 Å². The third-order valence-corrected chi connectivity index (χ3v) is 4.71. The highest BCUT2D eigenvalue weighted by Gasteiger charge is 2.32. The molecule has 0 spiro atoms. The molecule has 1 aromatic heterocycles. The van der Waals surface area contributed by atoms with Crippen LogP contribution in [0.3, 0.4) is 0 Å². The van der Waals surface area contributed by atoms with E-state index in [2.05, 4.69) is 0 Å². The minimum absolute atomic E-state index is 0.0147. The Bertz CT molecular complexity index is 1140. The van der Waals surface area contributed by atoms with Gasteiger partial charge < -0.3 is 20.1 Å². The molecule has 0 saturated heterocycles. The van der Waals surface area contributed by atoms with Crippen LogP contribution in [-0.2, 0) is 6.42 Å². The summed E-state index contributed by atoms with van der Waals surface area (Å²) in [6.45, 7) is -0.0147. The van der Waals surface area contributed by atoms with Crippen LogP contribution in [0, 0.1) is 11.6 Å². The molecule has 3 N–H and O–H groups in total. The van der Waals surface area contributed by atoms with Gasteiger partial charge in [0, 0.05) is 6.20 Å². The molecule has 3 aromatic rings. The van der Waals surface area contributed by atoms with Gasteiger partial charge in [0.1, 0.15) is 17.7 Å². The fourth-order valence-corrected chi connectivity index (χ4v) is 3.42. The van der Waals surface area contributed by atoms with Gasteiger partial charge in [-0.15, -0.1) is 0 Å². The number of nitrogens with two attached hydrogens (primary N) is 1. The van der Waals surface area contributed by atoms with E-state index in [1.165, 1.54) is 4.57 Å². The van der Waals surface area contributed by atoms with Gasteiger partial charge in [-0.3, -0.25) is 4.79 Å². The number of hydrogen-bond acceptors (Lipinski definition) is 4. The van der Waals surface area contributed by atoms with E-state index in [0.717, 1.165) is 11.8 Å². The molecular formula is C19H14F2N2O4. The highest BCUT2D eigenvalue weighted by molar-refractivity contribution is 6.00. The van der Waals surface area contributed by atoms with Crippen LogP contribution in [0.5, 0.6) is 5.75 Å². The van der Waals surface area contributed by atoms with Crippen molar-refractivity contribution >= 4 is 22.6 Å². The Morgan fingerprint density at radius 1 is 1.26 bits per heavy atom. The smallest absolute Gasteiger partial charge is 0.341 e. The molecule has 2 aromatic carbocycles. The van der Waals surface area contributed by atoms with Crippen LogP contribution < -0.4 is 15.9 Å². The third kappa shape index (κ3) is 2.52. The second-order valence-corrected chi connectivity index (χ2v) is 6.33. The summed E-state index contributed by atoms with van der Waals surface area (Å²) in [6, 6.07) is 8.90. The summed E-state index contributed by atoms with van der Waals surface area (Å²) in [5.41, 5.74) is 4.27. The quantitative estimate of drug-likeness (QED) is 0.690. The molecule has 1 aliphatic rings. The summed E-state index contributed by atoms with van der Waals surface area (Å²) in [4.78, 5) is 24.1. The van der Waals surface area contributed by atoms with Crippen molar-refractivity contribution in [2.24, 2.45) is 0 Å². The topological polar surface area (TPSA) is 94.5 Å². The van der Waals surface area contributed by atoms with Crippen molar-refractivity contribution in [1.29, 1.82) is 0 Å². The molecule has 0 radical (unpaired) electrons. The van der Waals surface area contributed by atoms with E-state index >= 15 is 0 Å². The number of rotatable bonds is 3. The summed E-state index contributed by atoms with van der Waals surface area (Å²) in [5.74, 6) is -4.63. The fraction of sp³-hybridized carbons (Fsp3) is 0.158. The van der Waals surface area contributed by atoms with Crippen molar-refractivity contribution in [2.45, 2.75) is 12.5 Å². The Labute approximate surface area is 151 Å². The zero-order chi connectivity index (χ0) is 19.3. The first-order chi connectivity index (χ1) is 12.9. The average Bonchev–Trinajstić information content (AvgIpc) is 2.66. The van der Waals surface area contributed by atoms with Crippen molar-refractivity contribution in [2.75, 3.05) is 12.3 Å². The molecule has 0 aliphatic carbocycles. The standard InChI is InChI=1S/C19H14F2N2O4/c20-13-14(21)18-16-12(15(13)22)17(24)11(19(25)26)7-23(16)10(8-27-18)6-9-4-2-1-3-5-9/h1-5,7,10H,6,8,22H2,(H,25,26)/t10-/m0/s1. The number of benzene rings is 2. The van der Waals surface area contributed by atoms with Gasteiger partial charge in [0.05, 0.1) is 17.1 Å². The molecule has 4 rings (SSSR count). The lowest BCUT2D eigenvalue weighted by atomic mass is 10.0. The number of ether oxygens (including phenoxy) is 1. The summed E-state index contributed by atoms with van der Waals surface area (Å²) in [6.07, 6.45) is 1.58. The van der Waals surface area contributed by atoms with Gasteiger partial charge >= 0.3 is 5.97 Å². The molecule has 138 valence electrons. The Hall–Kier alpha value is -3.42. The molecule has 1 atom stereocenters. The van der Waals surface area contributed by atoms with Gasteiger partial charge in [-0.05, 0) is 12.0 Å². The van der Waals surface area contributed by atoms with Crippen molar-refractivity contribution in [3.63, 3.8) is 0 Å². The van der Waals surface area contributed by atoms with Crippen molar-refractivity contribution < 1.29 is 23.4 Å². The SMILES string of the molecule is Nc1c(F)c(F)c2c3c1c(=O)c(C(=O)O)cn3[C@@H](Cc1ccccc1)CO2. The van der Waals surface area contributed by atoms with E-state index in [-0.39, 0.29) is 17.5 Å². The summed E-state index contributed by atoms with van der Waals surface area (Å²) in [7, 11) is 0.